The lowest BCUT2D eigenvalue weighted by atomic mass is 9.76. The second-order valence-electron chi connectivity index (χ2n) is 7.45. The van der Waals surface area contributed by atoms with Crippen LogP contribution in [-0.4, -0.2) is 83.0 Å². The first-order valence-corrected chi connectivity index (χ1v) is 13.6. The molecule has 0 aliphatic carbocycles. The van der Waals surface area contributed by atoms with Crippen LogP contribution in [0.2, 0.25) is 0 Å². The first-order chi connectivity index (χ1) is 15.5. The molecule has 0 radical (unpaired) electrons. The molecule has 21 heteroatoms. The van der Waals surface area contributed by atoms with Crippen LogP contribution >= 0.6 is 23.5 Å². The summed E-state index contributed by atoms with van der Waals surface area (Å²) < 4.78 is 51.3. The smallest absolute Gasteiger partial charge is 0.387 e. The molecule has 0 amide bonds. The van der Waals surface area contributed by atoms with Crippen molar-refractivity contribution in [2.75, 3.05) is 6.61 Å². The van der Waals surface area contributed by atoms with Crippen LogP contribution in [0.25, 0.3) is 0 Å². The second kappa shape index (κ2) is 8.84. The number of aliphatic imine (C=N–C) groups is 1. The van der Waals surface area contributed by atoms with Gasteiger partial charge in [0, 0.05) is 0 Å². The molecule has 0 spiro atoms. The fourth-order valence-corrected chi connectivity index (χ4v) is 6.77. The van der Waals surface area contributed by atoms with Gasteiger partial charge >= 0.3 is 23.5 Å². The molecule has 3 aliphatic rings. The molecule has 18 nitrogen and oxygen atoms in total. The number of hydrogen-bond donors (Lipinski definition) is 7. The molecule has 0 bridgehead atoms. The molecule has 3 aliphatic heterocycles. The Morgan fingerprint density at radius 3 is 2.50 bits per heavy atom. The van der Waals surface area contributed by atoms with Crippen molar-refractivity contribution in [2.45, 2.75) is 42.8 Å². The van der Waals surface area contributed by atoms with Crippen molar-refractivity contribution in [3.63, 3.8) is 0 Å². The largest absolute Gasteiger partial charge is 0.490 e. The van der Waals surface area contributed by atoms with Crippen molar-refractivity contribution in [3.05, 3.63) is 11.8 Å². The van der Waals surface area contributed by atoms with Crippen molar-refractivity contribution in [1.82, 2.24) is 5.01 Å². The minimum atomic E-state index is -5.76. The van der Waals surface area contributed by atoms with E-state index in [4.69, 9.17) is 20.3 Å². The normalized spacial score (nSPS) is 36.8. The Bertz CT molecular complexity index is 1130. The molecule has 0 saturated carbocycles. The quantitative estimate of drug-likeness (QED) is 0.168. The summed E-state index contributed by atoms with van der Waals surface area (Å²) >= 11 is 0. The Hall–Kier alpha value is -1.54. The van der Waals surface area contributed by atoms with E-state index in [-0.39, 0.29) is 12.3 Å². The van der Waals surface area contributed by atoms with Gasteiger partial charge in [-0.3, -0.25) is 9.53 Å². The predicted octanol–water partition coefficient (Wildman–Crippen LogP) is -1.62. The van der Waals surface area contributed by atoms with Gasteiger partial charge in [0.15, 0.2) is 5.84 Å². The van der Waals surface area contributed by atoms with E-state index in [0.717, 1.165) is 6.34 Å². The monoisotopic (exact) mass is 547 g/mol. The maximum Gasteiger partial charge on any atom is 0.490 e. The summed E-state index contributed by atoms with van der Waals surface area (Å²) in [6.45, 7) is 0.408. The first-order valence-electron chi connectivity index (χ1n) is 9.07. The van der Waals surface area contributed by atoms with Gasteiger partial charge in [-0.2, -0.15) is 19.0 Å². The first kappa shape index (κ1) is 27.1. The summed E-state index contributed by atoms with van der Waals surface area (Å²) in [4.78, 5) is 39.7. The zero-order chi connectivity index (χ0) is 25.7. The van der Waals surface area contributed by atoms with Gasteiger partial charge in [0.2, 0.25) is 5.60 Å². The summed E-state index contributed by atoms with van der Waals surface area (Å²) in [5.41, 5.74) is 2.50. The van der Waals surface area contributed by atoms with E-state index >= 15 is 0 Å². The molecular weight excluding hydrogens is 527 g/mol. The van der Waals surface area contributed by atoms with Crippen LogP contribution in [0.15, 0.2) is 21.9 Å². The third kappa shape index (κ3) is 4.90. The number of rotatable bonds is 8. The van der Waals surface area contributed by atoms with E-state index in [0.29, 0.717) is 5.70 Å². The SMILES string of the molecule is CC1([C@]2(C#N)O[C@H](COP(=O)(O)OP(=O)(O)OP(=O)(O)O)[C@@H](O)[C@H]2O)CC=C2C(N)=NC=NN21. The summed E-state index contributed by atoms with van der Waals surface area (Å²) in [5.74, 6) is 0.0732. The summed E-state index contributed by atoms with van der Waals surface area (Å²) in [6.07, 6.45) is -2.69. The van der Waals surface area contributed by atoms with Crippen LogP contribution in [-0.2, 0) is 31.6 Å². The molecule has 190 valence electrons. The molecular formula is C13H20N5O13P3. The number of phosphoric ester groups is 1. The topological polar surface area (TPSA) is 287 Å². The standard InChI is InChI=1S/C13H20N5O13P3/c1-12(3-2-7-11(15)16-6-17-18(7)12)13(5-14)10(20)9(19)8(29-13)4-28-33(24,25)31-34(26,27)30-32(21,22)23/h2,6,8-10,19-20H,3-4H2,1H3,(H,24,25)(H,26,27)(H2,15,16,17)(H2,21,22,23)/t8-,9-,10-,12?,13-/m1/s1. The number of aliphatic hydroxyl groups is 2. The number of amidine groups is 1. The molecule has 1 saturated heterocycles. The van der Waals surface area contributed by atoms with Gasteiger partial charge in [0.1, 0.15) is 36.3 Å². The average Bonchev–Trinajstić information content (AvgIpc) is 3.16. The lowest BCUT2D eigenvalue weighted by Gasteiger charge is -2.45. The third-order valence-electron chi connectivity index (χ3n) is 5.26. The lowest BCUT2D eigenvalue weighted by molar-refractivity contribution is -0.128. The number of phosphoric acid groups is 3. The highest BCUT2D eigenvalue weighted by Crippen LogP contribution is 2.66. The van der Waals surface area contributed by atoms with Crippen molar-refractivity contribution >= 4 is 35.6 Å². The Morgan fingerprint density at radius 2 is 1.91 bits per heavy atom. The number of hydrazone groups is 1. The lowest BCUT2D eigenvalue weighted by Crippen LogP contribution is -2.64. The summed E-state index contributed by atoms with van der Waals surface area (Å²) in [7, 11) is -16.9. The third-order valence-corrected chi connectivity index (χ3v) is 9.06. The van der Waals surface area contributed by atoms with Crippen LogP contribution < -0.4 is 5.73 Å². The van der Waals surface area contributed by atoms with Crippen LogP contribution in [0, 0.1) is 11.3 Å². The number of nitrogens with zero attached hydrogens (tertiary/aromatic N) is 4. The van der Waals surface area contributed by atoms with E-state index in [2.05, 4.69) is 23.2 Å². The fourth-order valence-electron chi connectivity index (χ4n) is 3.74. The molecule has 8 N–H and O–H groups in total. The van der Waals surface area contributed by atoms with E-state index < -0.39 is 59.5 Å². The maximum atomic E-state index is 12.0. The molecule has 0 aromatic carbocycles. The summed E-state index contributed by atoms with van der Waals surface area (Å²) in [6, 6.07) is 1.81. The zero-order valence-electron chi connectivity index (χ0n) is 17.0. The van der Waals surface area contributed by atoms with E-state index in [9.17, 15) is 39.0 Å². The molecule has 0 aromatic heterocycles. The van der Waals surface area contributed by atoms with E-state index in [1.807, 2.05) is 6.07 Å². The van der Waals surface area contributed by atoms with Gasteiger partial charge in [-0.15, -0.1) is 0 Å². The van der Waals surface area contributed by atoms with Gasteiger partial charge in [-0.25, -0.2) is 18.7 Å². The molecule has 7 atom stereocenters. The van der Waals surface area contributed by atoms with Gasteiger partial charge in [0.05, 0.1) is 12.3 Å². The molecule has 3 heterocycles. The molecule has 0 aromatic rings. The maximum absolute atomic E-state index is 12.0. The zero-order valence-corrected chi connectivity index (χ0v) is 19.7. The van der Waals surface area contributed by atoms with Crippen LogP contribution in [0.3, 0.4) is 0 Å². The highest BCUT2D eigenvalue weighted by molar-refractivity contribution is 7.66. The highest BCUT2D eigenvalue weighted by atomic mass is 31.3. The van der Waals surface area contributed by atoms with Gasteiger partial charge in [0.25, 0.3) is 0 Å². The molecule has 3 unspecified atom stereocenters. The van der Waals surface area contributed by atoms with Crippen LogP contribution in [0.5, 0.6) is 0 Å². The van der Waals surface area contributed by atoms with Gasteiger partial charge < -0.3 is 40.3 Å². The van der Waals surface area contributed by atoms with Gasteiger partial charge in [-0.05, 0) is 13.3 Å². The number of hydrogen-bond acceptors (Lipinski definition) is 14. The van der Waals surface area contributed by atoms with Gasteiger partial charge in [-0.1, -0.05) is 6.08 Å². The fraction of sp³-hybridized carbons (Fsp3) is 0.615. The van der Waals surface area contributed by atoms with Crippen molar-refractivity contribution in [1.29, 1.82) is 5.26 Å². The minimum Gasteiger partial charge on any atom is -0.387 e. The number of aliphatic hydroxyl groups excluding tert-OH is 2. The average molecular weight is 547 g/mol. The molecule has 1 fully saturated rings. The minimum absolute atomic E-state index is 0.0514. The predicted molar refractivity (Wildman–Crippen MR) is 108 cm³/mol. The van der Waals surface area contributed by atoms with Crippen molar-refractivity contribution in [2.24, 2.45) is 15.8 Å². The number of nitrogens with two attached hydrogens (primary N) is 1. The van der Waals surface area contributed by atoms with E-state index in [1.54, 1.807) is 6.08 Å². The van der Waals surface area contributed by atoms with Crippen molar-refractivity contribution in [3.8, 4) is 6.07 Å². The summed E-state index contributed by atoms with van der Waals surface area (Å²) in [5, 5.41) is 36.5. The Morgan fingerprint density at radius 1 is 1.26 bits per heavy atom. The Balaban J connectivity index is 1.77. The Kier molecular flexibility index (Phi) is 7.03. The molecule has 3 rings (SSSR count). The number of fused-ring (bicyclic) bond motifs is 1. The van der Waals surface area contributed by atoms with Crippen LogP contribution in [0.4, 0.5) is 0 Å². The van der Waals surface area contributed by atoms with E-state index in [1.165, 1.54) is 11.9 Å². The Labute approximate surface area is 191 Å². The highest BCUT2D eigenvalue weighted by Gasteiger charge is 2.68. The number of ether oxygens (including phenoxy) is 1. The number of nitriles is 1. The second-order valence-corrected chi connectivity index (χ2v) is 11.9. The van der Waals surface area contributed by atoms with Crippen LogP contribution in [0.1, 0.15) is 13.3 Å². The molecule has 34 heavy (non-hydrogen) atoms. The van der Waals surface area contributed by atoms with Crippen molar-refractivity contribution < 1.29 is 61.4 Å².